The molecule has 0 unspecified atom stereocenters. The first kappa shape index (κ1) is 13.5. The summed E-state index contributed by atoms with van der Waals surface area (Å²) in [6, 6.07) is 9.43. The van der Waals surface area contributed by atoms with Crippen LogP contribution in [0.4, 0.5) is 0 Å². The molecule has 0 amide bonds. The lowest BCUT2D eigenvalue weighted by Gasteiger charge is -2.11. The summed E-state index contributed by atoms with van der Waals surface area (Å²) < 4.78 is 10.3. The molecule has 0 saturated heterocycles. The van der Waals surface area contributed by atoms with Crippen molar-refractivity contribution in [2.45, 2.75) is 12.8 Å². The average molecular weight is 236 g/mol. The molecule has 0 saturated carbocycles. The number of methoxy groups -OCH3 is 1. The maximum atomic E-state index is 11.3. The summed E-state index contributed by atoms with van der Waals surface area (Å²) in [5.74, 6) is 0.664. The third kappa shape index (κ3) is 6.58. The predicted octanol–water partition coefficient (Wildman–Crippen LogP) is 1.25. The summed E-state index contributed by atoms with van der Waals surface area (Å²) in [6.07, 6.45) is 1.10. The lowest BCUT2D eigenvalue weighted by molar-refractivity contribution is -0.219. The molecule has 94 valence electrons. The molecule has 1 rings (SSSR count). The number of para-hydroxylation sites is 1. The van der Waals surface area contributed by atoms with Gasteiger partial charge in [0.15, 0.2) is 0 Å². The molecule has 0 radical (unpaired) electrons. The van der Waals surface area contributed by atoms with Crippen molar-refractivity contribution >= 4 is 5.90 Å². The molecule has 17 heavy (non-hydrogen) atoms. The van der Waals surface area contributed by atoms with Crippen molar-refractivity contribution in [1.29, 1.82) is 0 Å². The Bertz CT molecular complexity index is 325. The van der Waals surface area contributed by atoms with E-state index in [9.17, 15) is 5.11 Å². The van der Waals surface area contributed by atoms with E-state index in [-0.39, 0.29) is 5.90 Å². The van der Waals surface area contributed by atoms with Gasteiger partial charge in [0.05, 0.1) is 6.61 Å². The first-order valence-corrected chi connectivity index (χ1v) is 5.70. The highest BCUT2D eigenvalue weighted by Crippen LogP contribution is 2.08. The maximum Gasteiger partial charge on any atom is 0.119 e. The van der Waals surface area contributed by atoms with Crippen LogP contribution in [0, 0.1) is 0 Å². The molecule has 0 aromatic heterocycles. The number of rotatable bonds is 8. The predicted molar refractivity (Wildman–Crippen MR) is 65.3 cm³/mol. The van der Waals surface area contributed by atoms with Gasteiger partial charge in [-0.2, -0.15) is 0 Å². The van der Waals surface area contributed by atoms with Crippen LogP contribution in [0.15, 0.2) is 35.3 Å². The summed E-state index contributed by atoms with van der Waals surface area (Å²) in [6.45, 7) is 1.53. The topological polar surface area (TPSA) is 53.9 Å². The van der Waals surface area contributed by atoms with Crippen LogP contribution in [0.5, 0.6) is 5.75 Å². The normalized spacial score (nSPS) is 11.5. The van der Waals surface area contributed by atoms with E-state index in [4.69, 9.17) is 9.47 Å². The second-order valence-electron chi connectivity index (χ2n) is 3.53. The minimum Gasteiger partial charge on any atom is -0.862 e. The lowest BCUT2D eigenvalue weighted by Crippen LogP contribution is -2.21. The SMILES string of the molecule is COCCCN=C([O-])CCOc1ccccc1. The van der Waals surface area contributed by atoms with E-state index >= 15 is 0 Å². The highest BCUT2D eigenvalue weighted by atomic mass is 16.5. The van der Waals surface area contributed by atoms with Crippen molar-refractivity contribution < 1.29 is 14.6 Å². The fourth-order valence-electron chi connectivity index (χ4n) is 1.26. The van der Waals surface area contributed by atoms with Crippen LogP contribution in [0.2, 0.25) is 0 Å². The van der Waals surface area contributed by atoms with E-state index in [2.05, 4.69) is 4.99 Å². The van der Waals surface area contributed by atoms with Gasteiger partial charge in [0.1, 0.15) is 5.75 Å². The van der Waals surface area contributed by atoms with Crippen LogP contribution in [-0.4, -0.2) is 32.8 Å². The van der Waals surface area contributed by atoms with Gasteiger partial charge in [-0.15, -0.1) is 0 Å². The summed E-state index contributed by atoms with van der Waals surface area (Å²) in [5.41, 5.74) is 0. The van der Waals surface area contributed by atoms with Crippen molar-refractivity contribution in [2.24, 2.45) is 4.99 Å². The Kier molecular flexibility index (Phi) is 6.82. The van der Waals surface area contributed by atoms with E-state index in [1.165, 1.54) is 0 Å². The van der Waals surface area contributed by atoms with Crippen molar-refractivity contribution in [1.82, 2.24) is 0 Å². The first-order valence-electron chi connectivity index (χ1n) is 5.70. The van der Waals surface area contributed by atoms with Crippen LogP contribution in [0.3, 0.4) is 0 Å². The second-order valence-corrected chi connectivity index (χ2v) is 3.53. The highest BCUT2D eigenvalue weighted by Gasteiger charge is 1.91. The zero-order chi connectivity index (χ0) is 12.3. The molecular formula is C13H18NO3-. The molecule has 0 bridgehead atoms. The van der Waals surface area contributed by atoms with Gasteiger partial charge in [0.25, 0.3) is 0 Å². The molecule has 4 nitrogen and oxygen atoms in total. The summed E-state index contributed by atoms with van der Waals surface area (Å²) in [7, 11) is 1.63. The molecule has 0 atom stereocenters. The molecule has 0 spiro atoms. The van der Waals surface area contributed by atoms with Crippen molar-refractivity contribution in [3.05, 3.63) is 30.3 Å². The van der Waals surface area contributed by atoms with Crippen molar-refractivity contribution in [3.8, 4) is 5.75 Å². The van der Waals surface area contributed by atoms with Crippen LogP contribution < -0.4 is 9.84 Å². The number of hydrogen-bond acceptors (Lipinski definition) is 4. The zero-order valence-electron chi connectivity index (χ0n) is 10.1. The van der Waals surface area contributed by atoms with Gasteiger partial charge in [0.2, 0.25) is 0 Å². The molecule has 0 heterocycles. The highest BCUT2D eigenvalue weighted by molar-refractivity contribution is 5.71. The summed E-state index contributed by atoms with van der Waals surface area (Å²) >= 11 is 0. The van der Waals surface area contributed by atoms with Gasteiger partial charge >= 0.3 is 0 Å². The van der Waals surface area contributed by atoms with Crippen LogP contribution in [-0.2, 0) is 4.74 Å². The Balaban J connectivity index is 2.13. The standard InChI is InChI=1S/C13H19NO3/c1-16-10-5-9-14-13(15)8-11-17-12-6-3-2-4-7-12/h2-4,6-7H,5,8-11H2,1H3,(H,14,15)/p-1. The van der Waals surface area contributed by atoms with Crippen molar-refractivity contribution in [3.63, 3.8) is 0 Å². The number of aliphatic imine (C=N–C) groups is 1. The van der Waals surface area contributed by atoms with Gasteiger partial charge in [0, 0.05) is 26.7 Å². The minimum absolute atomic E-state index is 0.114. The number of benzene rings is 1. The third-order valence-corrected chi connectivity index (χ3v) is 2.12. The molecule has 0 aliphatic carbocycles. The minimum atomic E-state index is -0.114. The molecular weight excluding hydrogens is 218 g/mol. The van der Waals surface area contributed by atoms with Gasteiger partial charge in [-0.25, -0.2) is 0 Å². The zero-order valence-corrected chi connectivity index (χ0v) is 10.1. The Hall–Kier alpha value is -1.55. The smallest absolute Gasteiger partial charge is 0.119 e. The van der Waals surface area contributed by atoms with E-state index in [1.807, 2.05) is 30.3 Å². The van der Waals surface area contributed by atoms with Gasteiger partial charge in [-0.05, 0) is 24.5 Å². The van der Waals surface area contributed by atoms with E-state index in [0.717, 1.165) is 12.2 Å². The number of hydrogen-bond donors (Lipinski definition) is 0. The Morgan fingerprint density at radius 1 is 1.24 bits per heavy atom. The Morgan fingerprint density at radius 3 is 2.71 bits per heavy atom. The fraction of sp³-hybridized carbons (Fsp3) is 0.462. The van der Waals surface area contributed by atoms with Crippen molar-refractivity contribution in [2.75, 3.05) is 26.9 Å². The molecule has 0 fully saturated rings. The summed E-state index contributed by atoms with van der Waals surface area (Å²) in [4.78, 5) is 3.89. The maximum absolute atomic E-state index is 11.3. The molecule has 4 heteroatoms. The van der Waals surface area contributed by atoms with E-state index < -0.39 is 0 Å². The molecule has 1 aromatic rings. The van der Waals surface area contributed by atoms with Crippen LogP contribution >= 0.6 is 0 Å². The van der Waals surface area contributed by atoms with E-state index in [1.54, 1.807) is 7.11 Å². The monoisotopic (exact) mass is 236 g/mol. The summed E-state index contributed by atoms with van der Waals surface area (Å²) in [5, 5.41) is 11.3. The first-order chi connectivity index (χ1) is 8.33. The van der Waals surface area contributed by atoms with Gasteiger partial charge in [-0.3, -0.25) is 0 Å². The number of ether oxygens (including phenoxy) is 2. The van der Waals surface area contributed by atoms with Gasteiger partial charge in [-0.1, -0.05) is 18.2 Å². The molecule has 0 N–H and O–H groups in total. The number of nitrogens with zero attached hydrogens (tertiary/aromatic N) is 1. The molecule has 1 aromatic carbocycles. The average Bonchev–Trinajstić information content (AvgIpc) is 2.36. The molecule has 0 aliphatic rings. The van der Waals surface area contributed by atoms with Crippen LogP contribution in [0.25, 0.3) is 0 Å². The third-order valence-electron chi connectivity index (χ3n) is 2.12. The van der Waals surface area contributed by atoms with E-state index in [0.29, 0.717) is 26.2 Å². The molecule has 0 aliphatic heterocycles. The fourth-order valence-corrected chi connectivity index (χ4v) is 1.26. The lowest BCUT2D eigenvalue weighted by atomic mass is 10.3. The largest absolute Gasteiger partial charge is 0.862 e. The quantitative estimate of drug-likeness (QED) is 0.388. The Morgan fingerprint density at radius 2 is 2.00 bits per heavy atom. The van der Waals surface area contributed by atoms with Crippen LogP contribution in [0.1, 0.15) is 12.8 Å². The second kappa shape index (κ2) is 8.58. The van der Waals surface area contributed by atoms with Gasteiger partial charge < -0.3 is 19.6 Å². The Labute approximate surface area is 102 Å².